The number of aryl methyl sites for hydroxylation is 2. The van der Waals surface area contributed by atoms with Crippen LogP contribution < -0.4 is 5.32 Å². The van der Waals surface area contributed by atoms with Crippen molar-refractivity contribution in [2.24, 2.45) is 0 Å². The predicted octanol–water partition coefficient (Wildman–Crippen LogP) is 5.68. The van der Waals surface area contributed by atoms with Crippen LogP contribution >= 0.6 is 11.6 Å². The number of hydrogen-bond donors (Lipinski definition) is 1. The maximum atomic E-state index is 6.45. The van der Waals surface area contributed by atoms with Gasteiger partial charge in [-0.2, -0.15) is 0 Å². The molecule has 0 aliphatic heterocycles. The molecule has 2 heteroatoms. The molecule has 21 heavy (non-hydrogen) atoms. The summed E-state index contributed by atoms with van der Waals surface area (Å²) >= 11 is 6.45. The van der Waals surface area contributed by atoms with Crippen LogP contribution in [0.5, 0.6) is 0 Å². The molecule has 1 unspecified atom stereocenters. The largest absolute Gasteiger partial charge is 0.310 e. The van der Waals surface area contributed by atoms with Crippen molar-refractivity contribution in [3.8, 4) is 11.1 Å². The van der Waals surface area contributed by atoms with Crippen LogP contribution in [0.15, 0.2) is 36.4 Å². The van der Waals surface area contributed by atoms with Crippen molar-refractivity contribution < 1.29 is 0 Å². The molecule has 0 aromatic heterocycles. The van der Waals surface area contributed by atoms with Gasteiger partial charge in [0.15, 0.2) is 0 Å². The quantitative estimate of drug-likeness (QED) is 0.748. The first-order valence-electron chi connectivity index (χ1n) is 7.67. The van der Waals surface area contributed by atoms with Crippen molar-refractivity contribution in [3.05, 3.63) is 58.1 Å². The van der Waals surface area contributed by atoms with Crippen molar-refractivity contribution in [2.45, 2.75) is 40.2 Å². The third-order valence-corrected chi connectivity index (χ3v) is 4.35. The number of nitrogens with one attached hydrogen (secondary N) is 1. The molecule has 0 fully saturated rings. The summed E-state index contributed by atoms with van der Waals surface area (Å²) in [5.41, 5.74) is 6.15. The third kappa shape index (κ3) is 3.66. The maximum Gasteiger partial charge on any atom is 0.0487 e. The first-order chi connectivity index (χ1) is 10.1. The molecule has 0 spiro atoms. The van der Waals surface area contributed by atoms with Gasteiger partial charge in [-0.05, 0) is 67.3 Å². The molecule has 2 aromatic rings. The van der Waals surface area contributed by atoms with E-state index in [0.717, 1.165) is 23.6 Å². The molecular weight excluding hydrogens is 278 g/mol. The molecule has 1 N–H and O–H groups in total. The molecule has 1 nitrogen and oxygen atoms in total. The molecule has 2 aromatic carbocycles. The Balaban J connectivity index is 2.44. The lowest BCUT2D eigenvalue weighted by Gasteiger charge is -2.18. The van der Waals surface area contributed by atoms with Gasteiger partial charge in [-0.25, -0.2) is 0 Å². The SMILES string of the molecule is CCNC(CC)c1cccc(-c2cc(C)c(C)cc2Cl)c1. The minimum atomic E-state index is 0.403. The summed E-state index contributed by atoms with van der Waals surface area (Å²) in [6.07, 6.45) is 1.08. The van der Waals surface area contributed by atoms with Gasteiger partial charge in [-0.15, -0.1) is 0 Å². The van der Waals surface area contributed by atoms with E-state index in [9.17, 15) is 0 Å². The standard InChI is InChI=1S/C19H24ClN/c1-5-19(21-6-2)16-9-7-8-15(12-16)17-10-13(3)14(4)11-18(17)20/h7-12,19,21H,5-6H2,1-4H3. The Bertz CT molecular complexity index is 619. The van der Waals surface area contributed by atoms with E-state index >= 15 is 0 Å². The Hall–Kier alpha value is -1.31. The van der Waals surface area contributed by atoms with Gasteiger partial charge >= 0.3 is 0 Å². The normalized spacial score (nSPS) is 12.4. The van der Waals surface area contributed by atoms with Gasteiger partial charge in [0.05, 0.1) is 0 Å². The summed E-state index contributed by atoms with van der Waals surface area (Å²) < 4.78 is 0. The van der Waals surface area contributed by atoms with Gasteiger partial charge in [0.25, 0.3) is 0 Å². The minimum Gasteiger partial charge on any atom is -0.310 e. The Morgan fingerprint density at radius 1 is 1.05 bits per heavy atom. The topological polar surface area (TPSA) is 12.0 Å². The van der Waals surface area contributed by atoms with Gasteiger partial charge in [0, 0.05) is 16.6 Å². The molecule has 0 aliphatic carbocycles. The van der Waals surface area contributed by atoms with Crippen LogP contribution in [-0.4, -0.2) is 6.54 Å². The zero-order valence-corrected chi connectivity index (χ0v) is 14.1. The van der Waals surface area contributed by atoms with Gasteiger partial charge in [-0.1, -0.05) is 43.6 Å². The molecule has 0 aliphatic rings. The lowest BCUT2D eigenvalue weighted by Crippen LogP contribution is -2.19. The lowest BCUT2D eigenvalue weighted by molar-refractivity contribution is 0.537. The Morgan fingerprint density at radius 3 is 2.43 bits per heavy atom. The molecule has 2 rings (SSSR count). The number of hydrogen-bond acceptors (Lipinski definition) is 1. The molecule has 0 amide bonds. The summed E-state index contributed by atoms with van der Waals surface area (Å²) in [7, 11) is 0. The van der Waals surface area contributed by atoms with Crippen LogP contribution in [0.1, 0.15) is 43.0 Å². The Kier molecular flexibility index (Phi) is 5.44. The second-order valence-electron chi connectivity index (χ2n) is 5.56. The second kappa shape index (κ2) is 7.11. The summed E-state index contributed by atoms with van der Waals surface area (Å²) in [5.74, 6) is 0. The predicted molar refractivity (Wildman–Crippen MR) is 93.1 cm³/mol. The van der Waals surface area contributed by atoms with Crippen LogP contribution in [0, 0.1) is 13.8 Å². The van der Waals surface area contributed by atoms with Gasteiger partial charge < -0.3 is 5.32 Å². The van der Waals surface area contributed by atoms with Gasteiger partial charge in [-0.3, -0.25) is 0 Å². The van der Waals surface area contributed by atoms with Crippen molar-refractivity contribution >= 4 is 11.6 Å². The highest BCUT2D eigenvalue weighted by atomic mass is 35.5. The molecule has 0 saturated heterocycles. The first kappa shape index (κ1) is 16.1. The number of rotatable bonds is 5. The van der Waals surface area contributed by atoms with E-state index in [1.807, 2.05) is 0 Å². The molecular formula is C19H24ClN. The molecule has 112 valence electrons. The minimum absolute atomic E-state index is 0.403. The second-order valence-corrected chi connectivity index (χ2v) is 5.97. The van der Waals surface area contributed by atoms with E-state index < -0.39 is 0 Å². The van der Waals surface area contributed by atoms with E-state index in [4.69, 9.17) is 11.6 Å². The first-order valence-corrected chi connectivity index (χ1v) is 8.05. The monoisotopic (exact) mass is 301 g/mol. The fraction of sp³-hybridized carbons (Fsp3) is 0.368. The fourth-order valence-electron chi connectivity index (χ4n) is 2.67. The molecule has 1 atom stereocenters. The van der Waals surface area contributed by atoms with Crippen LogP contribution in [0.25, 0.3) is 11.1 Å². The van der Waals surface area contributed by atoms with Crippen molar-refractivity contribution in [3.63, 3.8) is 0 Å². The highest BCUT2D eigenvalue weighted by molar-refractivity contribution is 6.33. The zero-order valence-electron chi connectivity index (χ0n) is 13.3. The van der Waals surface area contributed by atoms with E-state index in [0.29, 0.717) is 6.04 Å². The lowest BCUT2D eigenvalue weighted by atomic mass is 9.96. The average Bonchev–Trinajstić information content (AvgIpc) is 2.48. The molecule has 0 bridgehead atoms. The zero-order chi connectivity index (χ0) is 15.4. The van der Waals surface area contributed by atoms with Crippen molar-refractivity contribution in [2.75, 3.05) is 6.54 Å². The Labute approximate surface area is 133 Å². The number of benzene rings is 2. The van der Waals surface area contributed by atoms with Crippen LogP contribution in [0.4, 0.5) is 0 Å². The van der Waals surface area contributed by atoms with E-state index in [1.165, 1.54) is 22.3 Å². The number of halogens is 1. The van der Waals surface area contributed by atoms with Gasteiger partial charge in [0.2, 0.25) is 0 Å². The third-order valence-electron chi connectivity index (χ3n) is 4.04. The molecule has 0 radical (unpaired) electrons. The summed E-state index contributed by atoms with van der Waals surface area (Å²) in [4.78, 5) is 0. The van der Waals surface area contributed by atoms with Crippen LogP contribution in [0.3, 0.4) is 0 Å². The van der Waals surface area contributed by atoms with Crippen LogP contribution in [-0.2, 0) is 0 Å². The fourth-order valence-corrected chi connectivity index (χ4v) is 3.00. The highest BCUT2D eigenvalue weighted by Gasteiger charge is 2.11. The van der Waals surface area contributed by atoms with E-state index in [2.05, 4.69) is 69.4 Å². The van der Waals surface area contributed by atoms with E-state index in [-0.39, 0.29) is 0 Å². The Morgan fingerprint density at radius 2 is 1.76 bits per heavy atom. The van der Waals surface area contributed by atoms with Gasteiger partial charge in [0.1, 0.15) is 0 Å². The molecule has 0 heterocycles. The highest BCUT2D eigenvalue weighted by Crippen LogP contribution is 2.32. The molecule has 0 saturated carbocycles. The summed E-state index contributed by atoms with van der Waals surface area (Å²) in [5, 5.41) is 4.36. The van der Waals surface area contributed by atoms with Crippen LogP contribution in [0.2, 0.25) is 5.02 Å². The van der Waals surface area contributed by atoms with Crippen molar-refractivity contribution in [1.29, 1.82) is 0 Å². The summed E-state index contributed by atoms with van der Waals surface area (Å²) in [6, 6.07) is 13.3. The smallest absolute Gasteiger partial charge is 0.0487 e. The average molecular weight is 302 g/mol. The maximum absolute atomic E-state index is 6.45. The van der Waals surface area contributed by atoms with E-state index in [1.54, 1.807) is 0 Å². The van der Waals surface area contributed by atoms with Crippen molar-refractivity contribution in [1.82, 2.24) is 5.32 Å². The summed E-state index contributed by atoms with van der Waals surface area (Å²) in [6.45, 7) is 9.56.